The van der Waals surface area contributed by atoms with Gasteiger partial charge in [-0.2, -0.15) is 0 Å². The van der Waals surface area contributed by atoms with Gasteiger partial charge >= 0.3 is 0 Å². The maximum Gasteiger partial charge on any atom is 0.212 e. The van der Waals surface area contributed by atoms with Crippen LogP contribution in [0.2, 0.25) is 0 Å². The minimum Gasteiger partial charge on any atom is -0.316 e. The Labute approximate surface area is 116 Å². The summed E-state index contributed by atoms with van der Waals surface area (Å²) in [5, 5.41) is 3.09. The quantitative estimate of drug-likeness (QED) is 0.679. The molecule has 0 radical (unpaired) electrons. The fraction of sp³-hybridized carbons (Fsp3) is 0.571. The Morgan fingerprint density at radius 1 is 1.16 bits per heavy atom. The van der Waals surface area contributed by atoms with Crippen LogP contribution >= 0.6 is 0 Å². The van der Waals surface area contributed by atoms with E-state index < -0.39 is 10.0 Å². The minimum atomic E-state index is -3.18. The number of hydrogen-bond acceptors (Lipinski definition) is 3. The zero-order valence-corrected chi connectivity index (χ0v) is 12.5. The molecule has 0 aliphatic heterocycles. The molecule has 1 aromatic rings. The van der Waals surface area contributed by atoms with E-state index in [0.717, 1.165) is 18.5 Å². The predicted molar refractivity (Wildman–Crippen MR) is 79.8 cm³/mol. The second kappa shape index (κ2) is 8.30. The maximum atomic E-state index is 11.8. The van der Waals surface area contributed by atoms with E-state index in [0.29, 0.717) is 13.1 Å². The first kappa shape index (κ1) is 16.1. The Kier molecular flexibility index (Phi) is 7.05. The van der Waals surface area contributed by atoms with E-state index in [1.165, 1.54) is 0 Å². The van der Waals surface area contributed by atoms with Crippen molar-refractivity contribution in [2.45, 2.75) is 26.2 Å². The van der Waals surface area contributed by atoms with Crippen molar-refractivity contribution in [2.75, 3.05) is 25.4 Å². The summed E-state index contributed by atoms with van der Waals surface area (Å²) in [7, 11) is -3.18. The van der Waals surface area contributed by atoms with E-state index in [1.54, 1.807) is 0 Å². The molecule has 0 heterocycles. The first-order chi connectivity index (χ1) is 9.05. The van der Waals surface area contributed by atoms with Gasteiger partial charge in [0, 0.05) is 13.1 Å². The highest BCUT2D eigenvalue weighted by atomic mass is 32.2. The van der Waals surface area contributed by atoms with Crippen molar-refractivity contribution in [3.05, 3.63) is 35.9 Å². The summed E-state index contributed by atoms with van der Waals surface area (Å²) in [5.41, 5.74) is 1.15. The van der Waals surface area contributed by atoms with E-state index >= 15 is 0 Å². The lowest BCUT2D eigenvalue weighted by Gasteiger charge is -2.13. The Morgan fingerprint density at radius 2 is 1.84 bits per heavy atom. The molecule has 0 spiro atoms. The van der Waals surface area contributed by atoms with E-state index in [4.69, 9.17) is 0 Å². The van der Waals surface area contributed by atoms with E-state index in [-0.39, 0.29) is 11.7 Å². The summed E-state index contributed by atoms with van der Waals surface area (Å²) in [6.45, 7) is 5.88. The van der Waals surface area contributed by atoms with Gasteiger partial charge in [0.15, 0.2) is 0 Å². The van der Waals surface area contributed by atoms with Crippen LogP contribution in [0.25, 0.3) is 0 Å². The molecule has 0 aliphatic rings. The van der Waals surface area contributed by atoms with Crippen molar-refractivity contribution in [2.24, 2.45) is 0 Å². The van der Waals surface area contributed by atoms with Gasteiger partial charge in [-0.15, -0.1) is 0 Å². The van der Waals surface area contributed by atoms with Crippen LogP contribution in [0.4, 0.5) is 0 Å². The normalized spacial score (nSPS) is 13.4. The van der Waals surface area contributed by atoms with Crippen molar-refractivity contribution in [3.63, 3.8) is 0 Å². The summed E-state index contributed by atoms with van der Waals surface area (Å²) in [4.78, 5) is 0. The van der Waals surface area contributed by atoms with Crippen LogP contribution in [-0.4, -0.2) is 33.8 Å². The van der Waals surface area contributed by atoms with E-state index in [1.807, 2.05) is 37.3 Å². The number of nitrogens with one attached hydrogen (secondary N) is 2. The van der Waals surface area contributed by atoms with Crippen LogP contribution in [0.1, 0.15) is 31.7 Å². The lowest BCUT2D eigenvalue weighted by Crippen LogP contribution is -2.34. The van der Waals surface area contributed by atoms with Crippen molar-refractivity contribution in [1.29, 1.82) is 0 Å². The Bertz CT molecular complexity index is 446. The standard InChI is InChI=1S/C14H24N2O2S/c1-3-9-15-10-11-19(17,18)16-12-13(2)14-7-5-4-6-8-14/h4-8,13,15-16H,3,9-12H2,1-2H3. The first-order valence-electron chi connectivity index (χ1n) is 6.78. The number of benzene rings is 1. The van der Waals surface area contributed by atoms with Crippen LogP contribution in [0.5, 0.6) is 0 Å². The molecule has 0 bridgehead atoms. The van der Waals surface area contributed by atoms with Crippen LogP contribution in [-0.2, 0) is 10.0 Å². The fourth-order valence-electron chi connectivity index (χ4n) is 1.73. The van der Waals surface area contributed by atoms with Crippen molar-refractivity contribution >= 4 is 10.0 Å². The predicted octanol–water partition coefficient (Wildman–Crippen LogP) is 1.71. The van der Waals surface area contributed by atoms with Gasteiger partial charge in [0.25, 0.3) is 0 Å². The largest absolute Gasteiger partial charge is 0.316 e. The zero-order valence-electron chi connectivity index (χ0n) is 11.7. The molecule has 108 valence electrons. The maximum absolute atomic E-state index is 11.8. The van der Waals surface area contributed by atoms with Crippen LogP contribution in [0.3, 0.4) is 0 Å². The van der Waals surface area contributed by atoms with Crippen LogP contribution in [0.15, 0.2) is 30.3 Å². The highest BCUT2D eigenvalue weighted by molar-refractivity contribution is 7.89. The summed E-state index contributed by atoms with van der Waals surface area (Å²) in [5.74, 6) is 0.314. The summed E-state index contributed by atoms with van der Waals surface area (Å²) in [6.07, 6.45) is 1.01. The molecule has 1 aromatic carbocycles. The Balaban J connectivity index is 2.34. The van der Waals surface area contributed by atoms with Crippen molar-refractivity contribution < 1.29 is 8.42 Å². The SMILES string of the molecule is CCCNCCS(=O)(=O)NCC(C)c1ccccc1. The summed E-state index contributed by atoms with van der Waals surface area (Å²) in [6, 6.07) is 9.92. The van der Waals surface area contributed by atoms with Gasteiger partial charge < -0.3 is 5.32 Å². The molecule has 0 amide bonds. The average molecular weight is 284 g/mol. The number of sulfonamides is 1. The fourth-order valence-corrected chi connectivity index (χ4v) is 2.79. The third-order valence-electron chi connectivity index (χ3n) is 2.95. The Hall–Kier alpha value is -0.910. The molecule has 0 aliphatic carbocycles. The smallest absolute Gasteiger partial charge is 0.212 e. The zero-order chi connectivity index (χ0) is 14.1. The van der Waals surface area contributed by atoms with Crippen molar-refractivity contribution in [3.8, 4) is 0 Å². The second-order valence-corrected chi connectivity index (χ2v) is 6.66. The van der Waals surface area contributed by atoms with Crippen LogP contribution < -0.4 is 10.0 Å². The van der Waals surface area contributed by atoms with Gasteiger partial charge in [-0.25, -0.2) is 13.1 Å². The molecule has 1 rings (SSSR count). The molecule has 0 aromatic heterocycles. The van der Waals surface area contributed by atoms with Crippen LogP contribution in [0, 0.1) is 0 Å². The lowest BCUT2D eigenvalue weighted by atomic mass is 10.0. The molecule has 4 nitrogen and oxygen atoms in total. The average Bonchev–Trinajstić information content (AvgIpc) is 2.42. The molecule has 0 saturated carbocycles. The second-order valence-electron chi connectivity index (χ2n) is 4.73. The Morgan fingerprint density at radius 3 is 2.47 bits per heavy atom. The lowest BCUT2D eigenvalue weighted by molar-refractivity contribution is 0.570. The topological polar surface area (TPSA) is 58.2 Å². The number of rotatable bonds is 9. The molecular weight excluding hydrogens is 260 g/mol. The molecule has 1 unspecified atom stereocenters. The molecule has 19 heavy (non-hydrogen) atoms. The van der Waals surface area contributed by atoms with Gasteiger partial charge in [0.05, 0.1) is 5.75 Å². The van der Waals surface area contributed by atoms with Gasteiger partial charge in [-0.05, 0) is 24.4 Å². The van der Waals surface area contributed by atoms with Gasteiger partial charge in [-0.3, -0.25) is 0 Å². The summed E-state index contributed by atoms with van der Waals surface area (Å²) >= 11 is 0. The molecule has 2 N–H and O–H groups in total. The molecule has 5 heteroatoms. The van der Waals surface area contributed by atoms with Gasteiger partial charge in [-0.1, -0.05) is 44.2 Å². The summed E-state index contributed by atoms with van der Waals surface area (Å²) < 4.78 is 26.2. The monoisotopic (exact) mass is 284 g/mol. The van der Waals surface area contributed by atoms with Gasteiger partial charge in [0.2, 0.25) is 10.0 Å². The third kappa shape index (κ3) is 6.71. The molecule has 0 saturated heterocycles. The van der Waals surface area contributed by atoms with Crippen molar-refractivity contribution in [1.82, 2.24) is 10.0 Å². The molecule has 0 fully saturated rings. The third-order valence-corrected chi connectivity index (χ3v) is 4.30. The first-order valence-corrected chi connectivity index (χ1v) is 8.43. The van der Waals surface area contributed by atoms with E-state index in [2.05, 4.69) is 17.0 Å². The highest BCUT2D eigenvalue weighted by Gasteiger charge is 2.12. The molecular formula is C14H24N2O2S. The van der Waals surface area contributed by atoms with E-state index in [9.17, 15) is 8.42 Å². The molecule has 1 atom stereocenters. The highest BCUT2D eigenvalue weighted by Crippen LogP contribution is 2.13. The number of hydrogen-bond donors (Lipinski definition) is 2. The minimum absolute atomic E-state index is 0.133. The van der Waals surface area contributed by atoms with Gasteiger partial charge in [0.1, 0.15) is 0 Å².